The van der Waals surface area contributed by atoms with Gasteiger partial charge in [0, 0.05) is 18.5 Å². The van der Waals surface area contributed by atoms with Crippen LogP contribution in [-0.2, 0) is 16.4 Å². The second-order valence-electron chi connectivity index (χ2n) is 4.58. The van der Waals surface area contributed by atoms with E-state index in [-0.39, 0.29) is 11.8 Å². The van der Waals surface area contributed by atoms with Crippen molar-refractivity contribution in [3.63, 3.8) is 0 Å². The van der Waals surface area contributed by atoms with Crippen LogP contribution in [0.15, 0.2) is 30.3 Å². The van der Waals surface area contributed by atoms with Crippen LogP contribution in [0.4, 0.5) is 0 Å². The van der Waals surface area contributed by atoms with Crippen molar-refractivity contribution < 1.29 is 8.42 Å². The van der Waals surface area contributed by atoms with Crippen molar-refractivity contribution in [3.8, 4) is 0 Å². The Morgan fingerprint density at radius 2 is 1.89 bits per heavy atom. The molecule has 3 nitrogen and oxygen atoms in total. The molecule has 100 valence electrons. The molecule has 0 N–H and O–H groups in total. The van der Waals surface area contributed by atoms with Crippen molar-refractivity contribution in [1.82, 2.24) is 4.31 Å². The molecule has 0 heterocycles. The van der Waals surface area contributed by atoms with Gasteiger partial charge < -0.3 is 0 Å². The summed E-state index contributed by atoms with van der Waals surface area (Å²) in [4.78, 5) is 0. The molecule has 1 fully saturated rings. The smallest absolute Gasteiger partial charge is 0.212 e. The third-order valence-electron chi connectivity index (χ3n) is 3.11. The summed E-state index contributed by atoms with van der Waals surface area (Å²) in [5, 5.41) is 0. The highest BCUT2D eigenvalue weighted by atomic mass is 35.5. The second-order valence-corrected chi connectivity index (χ2v) is 7.00. The molecule has 2 rings (SSSR count). The van der Waals surface area contributed by atoms with Crippen LogP contribution in [0.2, 0.25) is 0 Å². The molecule has 0 bridgehead atoms. The molecule has 1 saturated carbocycles. The van der Waals surface area contributed by atoms with Crippen molar-refractivity contribution in [2.45, 2.75) is 25.3 Å². The number of nitrogens with zero attached hydrogens (tertiary/aromatic N) is 1. The predicted octanol–water partition coefficient (Wildman–Crippen LogP) is 2.26. The largest absolute Gasteiger partial charge is 0.214 e. The van der Waals surface area contributed by atoms with Crippen LogP contribution in [0.25, 0.3) is 0 Å². The van der Waals surface area contributed by atoms with Gasteiger partial charge in [-0.15, -0.1) is 11.6 Å². The Morgan fingerprint density at radius 3 is 2.44 bits per heavy atom. The normalized spacial score (nSPS) is 16.1. The first kappa shape index (κ1) is 13.8. The van der Waals surface area contributed by atoms with Gasteiger partial charge in [-0.05, 0) is 24.8 Å². The van der Waals surface area contributed by atoms with Crippen LogP contribution >= 0.6 is 11.6 Å². The van der Waals surface area contributed by atoms with Gasteiger partial charge in [0.15, 0.2) is 0 Å². The van der Waals surface area contributed by atoms with E-state index in [1.807, 2.05) is 30.3 Å². The van der Waals surface area contributed by atoms with Crippen LogP contribution in [0.5, 0.6) is 0 Å². The number of rotatable bonds is 7. The Kier molecular flexibility index (Phi) is 4.65. The van der Waals surface area contributed by atoms with Gasteiger partial charge in [-0.1, -0.05) is 30.3 Å². The second kappa shape index (κ2) is 6.04. The zero-order valence-electron chi connectivity index (χ0n) is 10.3. The highest BCUT2D eigenvalue weighted by Gasteiger charge is 2.36. The Bertz CT molecular complexity index is 471. The fourth-order valence-electron chi connectivity index (χ4n) is 2.00. The summed E-state index contributed by atoms with van der Waals surface area (Å²) < 4.78 is 26.1. The number of halogens is 1. The van der Waals surface area contributed by atoms with Gasteiger partial charge >= 0.3 is 0 Å². The van der Waals surface area contributed by atoms with E-state index < -0.39 is 10.0 Å². The molecule has 0 unspecified atom stereocenters. The third-order valence-corrected chi connectivity index (χ3v) is 5.19. The molecule has 18 heavy (non-hydrogen) atoms. The average Bonchev–Trinajstić information content (AvgIpc) is 3.19. The van der Waals surface area contributed by atoms with Crippen LogP contribution < -0.4 is 0 Å². The van der Waals surface area contributed by atoms with E-state index in [0.717, 1.165) is 18.4 Å². The number of benzene rings is 1. The summed E-state index contributed by atoms with van der Waals surface area (Å²) >= 11 is 5.69. The Hall–Kier alpha value is -0.580. The topological polar surface area (TPSA) is 37.4 Å². The van der Waals surface area contributed by atoms with Crippen molar-refractivity contribution in [2.75, 3.05) is 18.2 Å². The summed E-state index contributed by atoms with van der Waals surface area (Å²) in [6, 6.07) is 9.90. The standard InChI is InChI=1S/C13H18ClNO2S/c14-9-10-15(13-6-7-13)18(16,17)11-8-12-4-2-1-3-5-12/h1-5,13H,6-11H2. The predicted molar refractivity (Wildman–Crippen MR) is 74.4 cm³/mol. The van der Waals surface area contributed by atoms with Gasteiger partial charge in [0.1, 0.15) is 0 Å². The molecule has 0 aromatic heterocycles. The molecule has 0 aliphatic heterocycles. The molecule has 1 aromatic carbocycles. The highest BCUT2D eigenvalue weighted by Crippen LogP contribution is 2.29. The Morgan fingerprint density at radius 1 is 1.22 bits per heavy atom. The number of aryl methyl sites for hydroxylation is 1. The highest BCUT2D eigenvalue weighted by molar-refractivity contribution is 7.89. The molecule has 0 saturated heterocycles. The molecule has 5 heteroatoms. The molecule has 1 aliphatic carbocycles. The van der Waals surface area contributed by atoms with Gasteiger partial charge in [-0.2, -0.15) is 4.31 Å². The molecule has 0 spiro atoms. The maximum absolute atomic E-state index is 12.2. The minimum Gasteiger partial charge on any atom is -0.212 e. The average molecular weight is 288 g/mol. The third kappa shape index (κ3) is 3.70. The summed E-state index contributed by atoms with van der Waals surface area (Å²) in [5.41, 5.74) is 1.06. The van der Waals surface area contributed by atoms with E-state index >= 15 is 0 Å². The van der Waals surface area contributed by atoms with Crippen LogP contribution in [0.1, 0.15) is 18.4 Å². The molecule has 0 radical (unpaired) electrons. The number of hydrogen-bond donors (Lipinski definition) is 0. The Labute approximate surface area is 114 Å². The molecule has 1 aromatic rings. The van der Waals surface area contributed by atoms with Crippen molar-refractivity contribution in [2.24, 2.45) is 0 Å². The minimum absolute atomic E-state index is 0.171. The van der Waals surface area contributed by atoms with Crippen molar-refractivity contribution in [1.29, 1.82) is 0 Å². The van der Waals surface area contributed by atoms with Gasteiger partial charge in [0.05, 0.1) is 5.75 Å². The van der Waals surface area contributed by atoms with E-state index in [9.17, 15) is 8.42 Å². The lowest BCUT2D eigenvalue weighted by atomic mass is 10.2. The lowest BCUT2D eigenvalue weighted by Gasteiger charge is -2.20. The monoisotopic (exact) mass is 287 g/mol. The first-order valence-corrected chi connectivity index (χ1v) is 8.37. The Balaban J connectivity index is 1.97. The number of hydrogen-bond acceptors (Lipinski definition) is 2. The number of alkyl halides is 1. The summed E-state index contributed by atoms with van der Waals surface area (Å²) in [6.45, 7) is 0.434. The molecule has 1 aliphatic rings. The minimum atomic E-state index is -3.17. The van der Waals surface area contributed by atoms with E-state index in [2.05, 4.69) is 0 Å². The van der Waals surface area contributed by atoms with E-state index in [1.165, 1.54) is 0 Å². The quantitative estimate of drug-likeness (QED) is 0.722. The van der Waals surface area contributed by atoms with Gasteiger partial charge in [-0.3, -0.25) is 0 Å². The van der Waals surface area contributed by atoms with E-state index in [0.29, 0.717) is 18.8 Å². The van der Waals surface area contributed by atoms with E-state index in [1.54, 1.807) is 4.31 Å². The SMILES string of the molecule is O=S(=O)(CCc1ccccc1)N(CCCl)C1CC1. The fourth-order valence-corrected chi connectivity index (χ4v) is 4.05. The summed E-state index contributed by atoms with van der Waals surface area (Å²) in [5.74, 6) is 0.533. The van der Waals surface area contributed by atoms with Crippen LogP contribution in [-0.4, -0.2) is 36.9 Å². The van der Waals surface area contributed by atoms with Gasteiger partial charge in [0.2, 0.25) is 10.0 Å². The van der Waals surface area contributed by atoms with Gasteiger partial charge in [0.25, 0.3) is 0 Å². The zero-order chi connectivity index (χ0) is 13.0. The molecule has 0 amide bonds. The molecule has 0 atom stereocenters. The lowest BCUT2D eigenvalue weighted by molar-refractivity contribution is 0.422. The fraction of sp³-hybridized carbons (Fsp3) is 0.538. The first-order chi connectivity index (χ1) is 8.63. The zero-order valence-corrected chi connectivity index (χ0v) is 11.8. The molecular formula is C13H18ClNO2S. The van der Waals surface area contributed by atoms with Crippen LogP contribution in [0.3, 0.4) is 0 Å². The van der Waals surface area contributed by atoms with Crippen molar-refractivity contribution in [3.05, 3.63) is 35.9 Å². The molecular weight excluding hydrogens is 270 g/mol. The first-order valence-electron chi connectivity index (χ1n) is 6.23. The lowest BCUT2D eigenvalue weighted by Crippen LogP contribution is -2.36. The van der Waals surface area contributed by atoms with Crippen molar-refractivity contribution >= 4 is 21.6 Å². The maximum atomic E-state index is 12.2. The van der Waals surface area contributed by atoms with Gasteiger partial charge in [-0.25, -0.2) is 8.42 Å². The maximum Gasteiger partial charge on any atom is 0.214 e. The van der Waals surface area contributed by atoms with Crippen LogP contribution in [0, 0.1) is 0 Å². The summed E-state index contributed by atoms with van der Waals surface area (Å²) in [6.07, 6.45) is 2.51. The number of sulfonamides is 1. The summed E-state index contributed by atoms with van der Waals surface area (Å²) in [7, 11) is -3.17. The van der Waals surface area contributed by atoms with E-state index in [4.69, 9.17) is 11.6 Å².